The molecule has 1 rings (SSSR count). The zero-order chi connectivity index (χ0) is 7.72. The monoisotopic (exact) mass is 249 g/mol. The molecule has 0 aliphatic rings. The van der Waals surface area contributed by atoms with Gasteiger partial charge in [0, 0.05) is 22.6 Å². The van der Waals surface area contributed by atoms with E-state index in [-0.39, 0.29) is 0 Å². The van der Waals surface area contributed by atoms with Crippen molar-refractivity contribution in [3.8, 4) is 0 Å². The molecule has 0 spiro atoms. The quantitative estimate of drug-likeness (QED) is 0.556. The first kappa shape index (κ1) is 7.71. The molecule has 1 heterocycles. The van der Waals surface area contributed by atoms with E-state index in [4.69, 9.17) is 5.73 Å². The van der Waals surface area contributed by atoms with Crippen molar-refractivity contribution in [2.75, 3.05) is 5.73 Å². The molecule has 0 saturated heterocycles. The molecule has 0 bridgehead atoms. The first-order chi connectivity index (χ1) is 4.61. The predicted octanol–water partition coefficient (Wildman–Crippen LogP) is 1.28. The van der Waals surface area contributed by atoms with Gasteiger partial charge < -0.3 is 5.73 Å². The lowest BCUT2D eigenvalue weighted by Crippen LogP contribution is -2.01. The third-order valence-corrected chi connectivity index (χ3v) is 1.78. The van der Waals surface area contributed by atoms with Crippen LogP contribution in [0.4, 0.5) is 5.69 Å². The molecule has 0 radical (unpaired) electrons. The van der Waals surface area contributed by atoms with Gasteiger partial charge in [-0.1, -0.05) is 0 Å². The van der Waals surface area contributed by atoms with Crippen LogP contribution in [-0.2, 0) is 0 Å². The standard InChI is InChI=1S/C6H8IN3/c1-3-5(8)4(2)10-6(7)9-3/h8H2,1-2H3. The number of anilines is 1. The van der Waals surface area contributed by atoms with E-state index in [0.717, 1.165) is 15.2 Å². The van der Waals surface area contributed by atoms with Crippen LogP contribution in [0, 0.1) is 17.7 Å². The molecule has 0 saturated carbocycles. The zero-order valence-corrected chi connectivity index (χ0v) is 8.01. The van der Waals surface area contributed by atoms with Crippen LogP contribution in [-0.4, -0.2) is 9.97 Å². The molecule has 4 heteroatoms. The lowest BCUT2D eigenvalue weighted by molar-refractivity contribution is 1.02. The number of halogens is 1. The Kier molecular flexibility index (Phi) is 2.08. The number of nitrogens with two attached hydrogens (primary N) is 1. The third-order valence-electron chi connectivity index (χ3n) is 1.30. The minimum absolute atomic E-state index is 0.695. The molecule has 0 aliphatic heterocycles. The molecule has 0 unspecified atom stereocenters. The molecule has 1 aromatic rings. The maximum absolute atomic E-state index is 5.62. The van der Waals surface area contributed by atoms with Gasteiger partial charge in [0.25, 0.3) is 0 Å². The van der Waals surface area contributed by atoms with E-state index in [0.29, 0.717) is 5.69 Å². The maximum atomic E-state index is 5.62. The number of rotatable bonds is 0. The molecule has 10 heavy (non-hydrogen) atoms. The first-order valence-electron chi connectivity index (χ1n) is 2.87. The number of nitrogen functional groups attached to an aromatic ring is 1. The Labute approximate surface area is 73.2 Å². The summed E-state index contributed by atoms with van der Waals surface area (Å²) in [4.78, 5) is 8.17. The topological polar surface area (TPSA) is 51.8 Å². The summed E-state index contributed by atoms with van der Waals surface area (Å²) < 4.78 is 0.752. The van der Waals surface area contributed by atoms with Gasteiger partial charge in [-0.25, -0.2) is 9.97 Å². The van der Waals surface area contributed by atoms with Crippen molar-refractivity contribution < 1.29 is 0 Å². The molecule has 0 amide bonds. The summed E-state index contributed by atoms with van der Waals surface area (Å²) in [5, 5.41) is 0. The van der Waals surface area contributed by atoms with Gasteiger partial charge in [0.05, 0.1) is 17.1 Å². The Morgan fingerprint density at radius 1 is 1.20 bits per heavy atom. The highest BCUT2D eigenvalue weighted by Gasteiger charge is 2.00. The Bertz CT molecular complexity index is 236. The fraction of sp³-hybridized carbons (Fsp3) is 0.333. The van der Waals surface area contributed by atoms with Crippen LogP contribution < -0.4 is 5.73 Å². The van der Waals surface area contributed by atoms with Crippen molar-refractivity contribution in [1.29, 1.82) is 0 Å². The molecule has 54 valence electrons. The summed E-state index contributed by atoms with van der Waals surface area (Å²) in [5.41, 5.74) is 8.03. The van der Waals surface area contributed by atoms with E-state index in [9.17, 15) is 0 Å². The van der Waals surface area contributed by atoms with E-state index in [1.807, 2.05) is 13.8 Å². The van der Waals surface area contributed by atoms with Crippen molar-refractivity contribution in [1.82, 2.24) is 9.97 Å². The van der Waals surface area contributed by atoms with E-state index in [1.165, 1.54) is 0 Å². The minimum atomic E-state index is 0.695. The second-order valence-corrected chi connectivity index (χ2v) is 3.04. The molecule has 1 aromatic heterocycles. The van der Waals surface area contributed by atoms with Crippen LogP contribution in [0.25, 0.3) is 0 Å². The highest BCUT2D eigenvalue weighted by atomic mass is 127. The lowest BCUT2D eigenvalue weighted by atomic mass is 10.3. The smallest absolute Gasteiger partial charge is 0.191 e. The van der Waals surface area contributed by atoms with Gasteiger partial charge in [0.2, 0.25) is 0 Å². The fourth-order valence-corrected chi connectivity index (χ4v) is 1.41. The third kappa shape index (κ3) is 1.36. The number of nitrogens with zero attached hydrogens (tertiary/aromatic N) is 2. The average Bonchev–Trinajstić information content (AvgIpc) is 1.82. The Hall–Kier alpha value is -0.390. The van der Waals surface area contributed by atoms with E-state index < -0.39 is 0 Å². The number of aromatic nitrogens is 2. The van der Waals surface area contributed by atoms with Gasteiger partial charge in [-0.3, -0.25) is 0 Å². The van der Waals surface area contributed by atoms with Gasteiger partial charge in [-0.2, -0.15) is 0 Å². The molecule has 0 aliphatic carbocycles. The number of aryl methyl sites for hydroxylation is 2. The van der Waals surface area contributed by atoms with Gasteiger partial charge in [0.15, 0.2) is 3.83 Å². The summed E-state index contributed by atoms with van der Waals surface area (Å²) in [5.74, 6) is 0. The van der Waals surface area contributed by atoms with Crippen LogP contribution in [0.5, 0.6) is 0 Å². The van der Waals surface area contributed by atoms with Crippen LogP contribution in [0.3, 0.4) is 0 Å². The highest BCUT2D eigenvalue weighted by molar-refractivity contribution is 14.1. The molecule has 3 nitrogen and oxygen atoms in total. The molecule has 0 fully saturated rings. The Morgan fingerprint density at radius 2 is 1.60 bits per heavy atom. The summed E-state index contributed by atoms with van der Waals surface area (Å²) in [6.45, 7) is 3.76. The van der Waals surface area contributed by atoms with E-state index in [2.05, 4.69) is 32.6 Å². The van der Waals surface area contributed by atoms with Gasteiger partial charge in [-0.15, -0.1) is 0 Å². The molecule has 0 atom stereocenters. The second-order valence-electron chi connectivity index (χ2n) is 2.08. The normalized spacial score (nSPS) is 9.90. The van der Waals surface area contributed by atoms with E-state index >= 15 is 0 Å². The van der Waals surface area contributed by atoms with E-state index in [1.54, 1.807) is 0 Å². The summed E-state index contributed by atoms with van der Waals surface area (Å²) in [6.07, 6.45) is 0. The predicted molar refractivity (Wildman–Crippen MR) is 48.6 cm³/mol. The highest BCUT2D eigenvalue weighted by Crippen LogP contribution is 2.11. The summed E-state index contributed by atoms with van der Waals surface area (Å²) >= 11 is 2.07. The first-order valence-corrected chi connectivity index (χ1v) is 3.95. The van der Waals surface area contributed by atoms with Crippen molar-refractivity contribution in [3.05, 3.63) is 15.2 Å². The van der Waals surface area contributed by atoms with Crippen LogP contribution in [0.1, 0.15) is 11.4 Å². The van der Waals surface area contributed by atoms with Crippen molar-refractivity contribution in [3.63, 3.8) is 0 Å². The molecular formula is C6H8IN3. The Morgan fingerprint density at radius 3 is 2.00 bits per heavy atom. The largest absolute Gasteiger partial charge is 0.396 e. The van der Waals surface area contributed by atoms with Crippen LogP contribution in [0.2, 0.25) is 0 Å². The Balaban J connectivity index is 3.31. The minimum Gasteiger partial charge on any atom is -0.396 e. The average molecular weight is 249 g/mol. The summed E-state index contributed by atoms with van der Waals surface area (Å²) in [7, 11) is 0. The van der Waals surface area contributed by atoms with Gasteiger partial charge in [-0.05, 0) is 13.8 Å². The molecule has 0 aromatic carbocycles. The maximum Gasteiger partial charge on any atom is 0.191 e. The van der Waals surface area contributed by atoms with Crippen molar-refractivity contribution >= 4 is 28.3 Å². The van der Waals surface area contributed by atoms with Crippen LogP contribution in [0.15, 0.2) is 0 Å². The lowest BCUT2D eigenvalue weighted by Gasteiger charge is -2.01. The van der Waals surface area contributed by atoms with Gasteiger partial charge in [0.1, 0.15) is 0 Å². The zero-order valence-electron chi connectivity index (χ0n) is 5.85. The fourth-order valence-electron chi connectivity index (χ4n) is 0.684. The SMILES string of the molecule is Cc1nc(I)nc(C)c1N. The number of hydrogen-bond donors (Lipinski definition) is 1. The van der Waals surface area contributed by atoms with Crippen molar-refractivity contribution in [2.45, 2.75) is 13.8 Å². The van der Waals surface area contributed by atoms with Crippen LogP contribution >= 0.6 is 22.6 Å². The molecular weight excluding hydrogens is 241 g/mol. The van der Waals surface area contributed by atoms with Gasteiger partial charge >= 0.3 is 0 Å². The number of hydrogen-bond acceptors (Lipinski definition) is 3. The molecule has 2 N–H and O–H groups in total. The van der Waals surface area contributed by atoms with Crippen molar-refractivity contribution in [2.24, 2.45) is 0 Å². The summed E-state index contributed by atoms with van der Waals surface area (Å²) in [6, 6.07) is 0. The second kappa shape index (κ2) is 2.69.